The molecule has 0 amide bonds. The summed E-state index contributed by atoms with van der Waals surface area (Å²) in [5, 5.41) is 11.0. The van der Waals surface area contributed by atoms with Crippen LogP contribution < -0.4 is 5.46 Å². The van der Waals surface area contributed by atoms with Crippen LogP contribution in [0.15, 0.2) is 30.3 Å². The van der Waals surface area contributed by atoms with Crippen molar-refractivity contribution >= 4 is 53.4 Å². The Labute approximate surface area is 154 Å². The lowest BCUT2D eigenvalue weighted by molar-refractivity contribution is 0.0509. The molecule has 0 saturated heterocycles. The van der Waals surface area contributed by atoms with E-state index in [2.05, 4.69) is 0 Å². The lowest BCUT2D eigenvalue weighted by Gasteiger charge is -2.09. The average molecular weight is 385 g/mol. The first-order chi connectivity index (χ1) is 11.5. The van der Waals surface area contributed by atoms with Crippen molar-refractivity contribution < 1.29 is 19.2 Å². The largest absolute Gasteiger partial charge is 0.491 e. The van der Waals surface area contributed by atoms with Crippen LogP contribution in [0.4, 0.5) is 0 Å². The zero-order chi connectivity index (χ0) is 17.3. The van der Waals surface area contributed by atoms with Crippen molar-refractivity contribution in [3.63, 3.8) is 0 Å². The summed E-state index contributed by atoms with van der Waals surface area (Å²) >= 11 is 18.0. The predicted molar refractivity (Wildman–Crippen MR) is 94.3 cm³/mol. The number of benzene rings is 2. The van der Waals surface area contributed by atoms with Crippen LogP contribution in [0.1, 0.15) is 21.5 Å². The Balaban J connectivity index is 1.66. The summed E-state index contributed by atoms with van der Waals surface area (Å²) in [6.45, 7) is 0.410. The molecule has 2 aromatic rings. The number of carbonyl (C=O) groups excluding carboxylic acids is 1. The topological polar surface area (TPSA) is 55.8 Å². The van der Waals surface area contributed by atoms with Gasteiger partial charge in [0.15, 0.2) is 0 Å². The highest BCUT2D eigenvalue weighted by molar-refractivity contribution is 6.61. The van der Waals surface area contributed by atoms with Gasteiger partial charge in [-0.3, -0.25) is 0 Å². The Morgan fingerprint density at radius 1 is 1.21 bits per heavy atom. The van der Waals surface area contributed by atoms with Crippen molar-refractivity contribution in [3.8, 4) is 0 Å². The van der Waals surface area contributed by atoms with Crippen molar-refractivity contribution in [3.05, 3.63) is 62.1 Å². The molecular weight excluding hydrogens is 373 g/mol. The highest BCUT2D eigenvalue weighted by Gasteiger charge is 2.29. The number of hydrogen-bond acceptors (Lipinski definition) is 4. The molecule has 0 saturated carbocycles. The maximum Gasteiger partial charge on any atom is 0.491 e. The van der Waals surface area contributed by atoms with Gasteiger partial charge in [0.1, 0.15) is 0 Å². The third-order valence-electron chi connectivity index (χ3n) is 3.73. The van der Waals surface area contributed by atoms with Crippen LogP contribution in [-0.2, 0) is 22.4 Å². The lowest BCUT2D eigenvalue weighted by atomic mass is 9.79. The number of carbonyl (C=O) groups is 1. The quantitative estimate of drug-likeness (QED) is 0.648. The molecule has 3 rings (SSSR count). The average Bonchev–Trinajstić information content (AvgIpc) is 2.89. The predicted octanol–water partition coefficient (Wildman–Crippen LogP) is 3.26. The summed E-state index contributed by atoms with van der Waals surface area (Å²) in [4.78, 5) is 12.2. The van der Waals surface area contributed by atoms with Crippen LogP contribution in [0.3, 0.4) is 0 Å². The second kappa shape index (κ2) is 7.34. The monoisotopic (exact) mass is 384 g/mol. The molecule has 1 N–H and O–H groups in total. The van der Waals surface area contributed by atoms with Crippen molar-refractivity contribution in [2.45, 2.75) is 13.0 Å². The van der Waals surface area contributed by atoms with Gasteiger partial charge < -0.3 is 14.4 Å². The summed E-state index contributed by atoms with van der Waals surface area (Å²) < 4.78 is 10.3. The van der Waals surface area contributed by atoms with Gasteiger partial charge in [-0.2, -0.15) is 0 Å². The van der Waals surface area contributed by atoms with E-state index in [0.717, 1.165) is 11.1 Å². The van der Waals surface area contributed by atoms with E-state index in [9.17, 15) is 9.82 Å². The third kappa shape index (κ3) is 3.71. The molecule has 4 nitrogen and oxygen atoms in total. The smallest absolute Gasteiger partial charge is 0.462 e. The molecule has 0 bridgehead atoms. The first-order valence-electron chi connectivity index (χ1n) is 7.18. The molecule has 0 radical (unpaired) electrons. The molecule has 124 valence electrons. The molecule has 0 aliphatic carbocycles. The molecule has 0 atom stereocenters. The van der Waals surface area contributed by atoms with E-state index < -0.39 is 13.1 Å². The molecule has 0 unspecified atom stereocenters. The summed E-state index contributed by atoms with van der Waals surface area (Å²) in [6.07, 6.45) is 0.454. The highest BCUT2D eigenvalue weighted by Crippen LogP contribution is 2.23. The molecule has 0 fully saturated rings. The van der Waals surface area contributed by atoms with E-state index in [1.165, 1.54) is 6.07 Å². The minimum atomic E-state index is -1.04. The van der Waals surface area contributed by atoms with Crippen molar-refractivity contribution in [2.24, 2.45) is 0 Å². The second-order valence-corrected chi connectivity index (χ2v) is 6.57. The van der Waals surface area contributed by atoms with Gasteiger partial charge in [-0.25, -0.2) is 4.79 Å². The number of hydrogen-bond donors (Lipinski definition) is 1. The van der Waals surface area contributed by atoms with Gasteiger partial charge in [0.25, 0.3) is 0 Å². The standard InChI is InChI=1S/C16H12BCl3O4/c18-11-2-1-9(14(19)6-11)3-4-23-16(21)12-7-13-10(5-15(12)20)8-24-17(13)22/h1-2,5-7,22H,3-4,8H2. The first kappa shape index (κ1) is 17.6. The van der Waals surface area contributed by atoms with Crippen molar-refractivity contribution in [1.82, 2.24) is 0 Å². The van der Waals surface area contributed by atoms with E-state index in [4.69, 9.17) is 44.2 Å². The van der Waals surface area contributed by atoms with Gasteiger partial charge in [0, 0.05) is 16.5 Å². The van der Waals surface area contributed by atoms with E-state index in [0.29, 0.717) is 21.9 Å². The fraction of sp³-hybridized carbons (Fsp3) is 0.188. The van der Waals surface area contributed by atoms with Crippen LogP contribution in [0.2, 0.25) is 15.1 Å². The molecule has 1 aliphatic rings. The minimum Gasteiger partial charge on any atom is -0.462 e. The van der Waals surface area contributed by atoms with Crippen LogP contribution >= 0.6 is 34.8 Å². The van der Waals surface area contributed by atoms with Gasteiger partial charge in [-0.15, -0.1) is 0 Å². The third-order valence-corrected chi connectivity index (χ3v) is 4.63. The fourth-order valence-corrected chi connectivity index (χ4v) is 3.22. The van der Waals surface area contributed by atoms with E-state index in [-0.39, 0.29) is 23.8 Å². The Morgan fingerprint density at radius 3 is 2.75 bits per heavy atom. The molecule has 1 aliphatic heterocycles. The molecular formula is C16H12BCl3O4. The number of esters is 1. The summed E-state index contributed by atoms with van der Waals surface area (Å²) in [5.41, 5.74) is 2.32. The maximum atomic E-state index is 12.2. The van der Waals surface area contributed by atoms with Gasteiger partial charge in [0.05, 0.1) is 23.8 Å². The Hall–Kier alpha value is -1.24. The SMILES string of the molecule is O=C(OCCc1ccc(Cl)cc1Cl)c1cc2c(cc1Cl)COB2O. The summed E-state index contributed by atoms with van der Waals surface area (Å²) in [7, 11) is -1.04. The zero-order valence-electron chi connectivity index (χ0n) is 12.4. The Bertz CT molecular complexity index is 797. The Kier molecular flexibility index (Phi) is 5.38. The molecule has 8 heteroatoms. The highest BCUT2D eigenvalue weighted by atomic mass is 35.5. The second-order valence-electron chi connectivity index (χ2n) is 5.32. The zero-order valence-corrected chi connectivity index (χ0v) is 14.7. The molecule has 1 heterocycles. The first-order valence-corrected chi connectivity index (χ1v) is 8.32. The maximum absolute atomic E-state index is 12.2. The number of ether oxygens (including phenoxy) is 1. The lowest BCUT2D eigenvalue weighted by Crippen LogP contribution is -2.29. The Morgan fingerprint density at radius 2 is 2.00 bits per heavy atom. The van der Waals surface area contributed by atoms with Crippen LogP contribution in [0, 0.1) is 0 Å². The molecule has 24 heavy (non-hydrogen) atoms. The van der Waals surface area contributed by atoms with Gasteiger partial charge in [-0.05, 0) is 40.9 Å². The summed E-state index contributed by atoms with van der Waals surface area (Å²) in [5.74, 6) is -0.563. The van der Waals surface area contributed by atoms with Crippen LogP contribution in [0.5, 0.6) is 0 Å². The number of halogens is 3. The van der Waals surface area contributed by atoms with Gasteiger partial charge >= 0.3 is 13.1 Å². The van der Waals surface area contributed by atoms with Crippen LogP contribution in [0.25, 0.3) is 0 Å². The number of fused-ring (bicyclic) bond motifs is 1. The van der Waals surface area contributed by atoms with E-state index >= 15 is 0 Å². The van der Waals surface area contributed by atoms with Gasteiger partial charge in [0.2, 0.25) is 0 Å². The molecule has 0 spiro atoms. The molecule has 2 aromatic carbocycles. The molecule has 0 aromatic heterocycles. The van der Waals surface area contributed by atoms with E-state index in [1.807, 2.05) is 0 Å². The van der Waals surface area contributed by atoms with Gasteiger partial charge in [-0.1, -0.05) is 40.9 Å². The number of rotatable bonds is 4. The van der Waals surface area contributed by atoms with Crippen LogP contribution in [-0.4, -0.2) is 24.7 Å². The van der Waals surface area contributed by atoms with Crippen molar-refractivity contribution in [2.75, 3.05) is 6.61 Å². The van der Waals surface area contributed by atoms with E-state index in [1.54, 1.807) is 24.3 Å². The minimum absolute atomic E-state index is 0.145. The van der Waals surface area contributed by atoms with Crippen molar-refractivity contribution in [1.29, 1.82) is 0 Å². The summed E-state index contributed by atoms with van der Waals surface area (Å²) in [6, 6.07) is 8.27. The normalized spacial score (nSPS) is 13.1. The fourth-order valence-electron chi connectivity index (χ4n) is 2.46.